The van der Waals surface area contributed by atoms with Gasteiger partial charge in [-0.15, -0.1) is 6.58 Å². The molecule has 1 aromatic carbocycles. The summed E-state index contributed by atoms with van der Waals surface area (Å²) in [7, 11) is -4.02. The zero-order valence-electron chi connectivity index (χ0n) is 12.3. The van der Waals surface area contributed by atoms with E-state index in [9.17, 15) is 8.42 Å². The van der Waals surface area contributed by atoms with E-state index < -0.39 is 10.1 Å². The minimum atomic E-state index is -4.02. The summed E-state index contributed by atoms with van der Waals surface area (Å²) >= 11 is 0. The van der Waals surface area contributed by atoms with Crippen LogP contribution in [0.1, 0.15) is 32.3 Å². The third kappa shape index (κ3) is 8.09. The van der Waals surface area contributed by atoms with Crippen molar-refractivity contribution in [2.75, 3.05) is 6.61 Å². The molecule has 2 N–H and O–H groups in total. The second-order valence-corrected chi connectivity index (χ2v) is 6.86. The minimum absolute atomic E-state index is 0.0666. The maximum absolute atomic E-state index is 10.5. The Morgan fingerprint density at radius 3 is 2.10 bits per heavy atom. The van der Waals surface area contributed by atoms with Gasteiger partial charge in [0.2, 0.25) is 0 Å². The summed E-state index contributed by atoms with van der Waals surface area (Å²) in [4.78, 5) is -0.0666. The quantitative estimate of drug-likeness (QED) is 0.647. The van der Waals surface area contributed by atoms with Gasteiger partial charge in [0.1, 0.15) is 0 Å². The van der Waals surface area contributed by atoms with Crippen molar-refractivity contribution in [3.05, 3.63) is 42.5 Å². The zero-order valence-corrected chi connectivity index (χ0v) is 13.2. The Kier molecular flexibility index (Phi) is 7.71. The third-order valence-electron chi connectivity index (χ3n) is 2.77. The molecule has 0 amide bonds. The molecule has 0 aromatic heterocycles. The molecule has 20 heavy (non-hydrogen) atoms. The number of hydrogen-bond donors (Lipinski definition) is 2. The van der Waals surface area contributed by atoms with E-state index in [1.807, 2.05) is 13.0 Å². The van der Waals surface area contributed by atoms with Crippen molar-refractivity contribution in [1.82, 2.24) is 0 Å². The van der Waals surface area contributed by atoms with Gasteiger partial charge in [0.15, 0.2) is 0 Å². The lowest BCUT2D eigenvalue weighted by atomic mass is 9.89. The normalized spacial score (nSPS) is 11.4. The number of aliphatic hydroxyl groups is 1. The molecule has 0 saturated heterocycles. The largest absolute Gasteiger partial charge is 0.396 e. The standard InChI is InChI=1S/C8H16O.C7H8O3S/c1-4-5-6-8(2,3)7-9;1-6-2-4-7(5-3-6)11(8,9)10/h4,9H,1,5-7H2,2-3H3;2-5H,1H3,(H,8,9,10). The summed E-state index contributed by atoms with van der Waals surface area (Å²) in [6, 6.07) is 5.99. The van der Waals surface area contributed by atoms with Crippen LogP contribution >= 0.6 is 0 Å². The molecule has 0 radical (unpaired) electrons. The van der Waals surface area contributed by atoms with Gasteiger partial charge in [0.05, 0.1) is 4.90 Å². The van der Waals surface area contributed by atoms with Gasteiger partial charge in [0.25, 0.3) is 10.1 Å². The van der Waals surface area contributed by atoms with Crippen molar-refractivity contribution in [2.45, 2.75) is 38.5 Å². The first kappa shape index (κ1) is 18.8. The van der Waals surface area contributed by atoms with Gasteiger partial charge in [0, 0.05) is 6.61 Å². The molecule has 0 fully saturated rings. The highest BCUT2D eigenvalue weighted by Gasteiger charge is 2.14. The summed E-state index contributed by atoms with van der Waals surface area (Å²) in [6.07, 6.45) is 3.90. The molecular formula is C15H24O4S. The van der Waals surface area contributed by atoms with Crippen LogP contribution in [0.3, 0.4) is 0 Å². The molecule has 1 aromatic rings. The fraction of sp³-hybridized carbons (Fsp3) is 0.467. The molecule has 0 heterocycles. The lowest BCUT2D eigenvalue weighted by molar-refractivity contribution is 0.151. The van der Waals surface area contributed by atoms with Crippen molar-refractivity contribution in [1.29, 1.82) is 0 Å². The van der Waals surface area contributed by atoms with Crippen LogP contribution in [0.2, 0.25) is 0 Å². The Hall–Kier alpha value is -1.17. The molecule has 0 aliphatic heterocycles. The van der Waals surface area contributed by atoms with Gasteiger partial charge in [-0.25, -0.2) is 0 Å². The van der Waals surface area contributed by atoms with Crippen LogP contribution in [-0.2, 0) is 10.1 Å². The first-order chi connectivity index (χ1) is 9.12. The van der Waals surface area contributed by atoms with Crippen LogP contribution in [0.15, 0.2) is 41.8 Å². The summed E-state index contributed by atoms with van der Waals surface area (Å²) in [5.41, 5.74) is 1.03. The summed E-state index contributed by atoms with van der Waals surface area (Å²) < 4.78 is 29.6. The average Bonchev–Trinajstić information content (AvgIpc) is 2.37. The Labute approximate surface area is 121 Å². The monoisotopic (exact) mass is 300 g/mol. The lowest BCUT2D eigenvalue weighted by Gasteiger charge is -2.19. The summed E-state index contributed by atoms with van der Waals surface area (Å²) in [5.74, 6) is 0. The van der Waals surface area contributed by atoms with Crippen molar-refractivity contribution in [3.8, 4) is 0 Å². The number of hydrogen-bond acceptors (Lipinski definition) is 3. The van der Waals surface area contributed by atoms with Crippen molar-refractivity contribution < 1.29 is 18.1 Å². The van der Waals surface area contributed by atoms with Crippen LogP contribution in [0.4, 0.5) is 0 Å². The molecule has 0 spiro atoms. The predicted octanol–water partition coefficient (Wildman–Crippen LogP) is 3.21. The van der Waals surface area contributed by atoms with Crippen LogP contribution in [0.5, 0.6) is 0 Å². The highest BCUT2D eigenvalue weighted by atomic mass is 32.2. The van der Waals surface area contributed by atoms with Crippen LogP contribution in [-0.4, -0.2) is 24.7 Å². The molecule has 0 unspecified atom stereocenters. The highest BCUT2D eigenvalue weighted by molar-refractivity contribution is 7.85. The number of benzene rings is 1. The summed E-state index contributed by atoms with van der Waals surface area (Å²) in [6.45, 7) is 9.83. The van der Waals surface area contributed by atoms with Crippen molar-refractivity contribution in [3.63, 3.8) is 0 Å². The number of allylic oxidation sites excluding steroid dienone is 1. The molecule has 0 aliphatic carbocycles. The van der Waals surface area contributed by atoms with Gasteiger partial charge in [-0.2, -0.15) is 8.42 Å². The molecule has 0 atom stereocenters. The smallest absolute Gasteiger partial charge is 0.294 e. The molecule has 4 nitrogen and oxygen atoms in total. The maximum Gasteiger partial charge on any atom is 0.294 e. The molecular weight excluding hydrogens is 276 g/mol. The zero-order chi connectivity index (χ0) is 15.8. The lowest BCUT2D eigenvalue weighted by Crippen LogP contribution is -2.15. The van der Waals surface area contributed by atoms with E-state index in [1.54, 1.807) is 12.1 Å². The first-order valence-corrected chi connectivity index (χ1v) is 7.82. The third-order valence-corrected chi connectivity index (χ3v) is 3.64. The fourth-order valence-corrected chi connectivity index (χ4v) is 1.76. The van der Waals surface area contributed by atoms with E-state index in [1.165, 1.54) is 12.1 Å². The minimum Gasteiger partial charge on any atom is -0.396 e. The number of aryl methyl sites for hydroxylation is 1. The molecule has 0 saturated carbocycles. The Balaban J connectivity index is 0.000000370. The van der Waals surface area contributed by atoms with E-state index in [0.29, 0.717) is 0 Å². The van der Waals surface area contributed by atoms with Crippen molar-refractivity contribution in [2.24, 2.45) is 5.41 Å². The van der Waals surface area contributed by atoms with Gasteiger partial charge < -0.3 is 5.11 Å². The Bertz CT molecular complexity index is 501. The highest BCUT2D eigenvalue weighted by Crippen LogP contribution is 2.20. The SMILES string of the molecule is C=CCCC(C)(C)CO.Cc1ccc(S(=O)(=O)O)cc1. The van der Waals surface area contributed by atoms with Gasteiger partial charge in [-0.1, -0.05) is 37.6 Å². The second kappa shape index (κ2) is 8.19. The average molecular weight is 300 g/mol. The van der Waals surface area contributed by atoms with Gasteiger partial charge in [-0.3, -0.25) is 4.55 Å². The molecule has 5 heteroatoms. The van der Waals surface area contributed by atoms with E-state index in [0.717, 1.165) is 18.4 Å². The van der Waals surface area contributed by atoms with Crippen LogP contribution < -0.4 is 0 Å². The molecule has 0 bridgehead atoms. The van der Waals surface area contributed by atoms with Crippen molar-refractivity contribution >= 4 is 10.1 Å². The molecule has 1 rings (SSSR count). The maximum atomic E-state index is 10.5. The van der Waals surface area contributed by atoms with E-state index in [2.05, 4.69) is 20.4 Å². The second-order valence-electron chi connectivity index (χ2n) is 5.44. The Morgan fingerprint density at radius 1 is 1.25 bits per heavy atom. The van der Waals surface area contributed by atoms with Crippen LogP contribution in [0.25, 0.3) is 0 Å². The van der Waals surface area contributed by atoms with E-state index in [-0.39, 0.29) is 16.9 Å². The Morgan fingerprint density at radius 2 is 1.75 bits per heavy atom. The van der Waals surface area contributed by atoms with E-state index >= 15 is 0 Å². The van der Waals surface area contributed by atoms with Gasteiger partial charge in [-0.05, 0) is 37.3 Å². The molecule has 114 valence electrons. The number of aliphatic hydroxyl groups excluding tert-OH is 1. The topological polar surface area (TPSA) is 74.6 Å². The summed E-state index contributed by atoms with van der Waals surface area (Å²) in [5, 5.41) is 8.79. The first-order valence-electron chi connectivity index (χ1n) is 6.38. The van der Waals surface area contributed by atoms with Crippen LogP contribution in [0, 0.1) is 12.3 Å². The predicted molar refractivity (Wildman–Crippen MR) is 81.3 cm³/mol. The number of rotatable bonds is 5. The molecule has 0 aliphatic rings. The fourth-order valence-electron chi connectivity index (χ4n) is 1.28. The van der Waals surface area contributed by atoms with Gasteiger partial charge >= 0.3 is 0 Å². The van der Waals surface area contributed by atoms with E-state index in [4.69, 9.17) is 9.66 Å².